The summed E-state index contributed by atoms with van der Waals surface area (Å²) in [6.07, 6.45) is 3.85. The van der Waals surface area contributed by atoms with Crippen LogP contribution in [0.1, 0.15) is 49.9 Å². The third-order valence-electron chi connectivity index (χ3n) is 4.33. The van der Waals surface area contributed by atoms with Crippen molar-refractivity contribution < 1.29 is 14.6 Å². The fourth-order valence-corrected chi connectivity index (χ4v) is 2.78. The van der Waals surface area contributed by atoms with Crippen LogP contribution in [0.4, 0.5) is 5.69 Å². The standard InChI is InChI=1S/C18H28N2O3/c1-3-5-10-19-14-6-7-16(17(21)13-14)18(22)23-15-8-11-20(4-2)12-9-15/h6-7,13,15,19,21H,3-5,8-12H2,1-2H3. The number of anilines is 1. The van der Waals surface area contributed by atoms with Gasteiger partial charge in [-0.3, -0.25) is 0 Å². The SMILES string of the molecule is CCCCNc1ccc(C(=O)OC2CCN(CC)CC2)c(O)c1. The molecule has 2 N–H and O–H groups in total. The van der Waals surface area contributed by atoms with E-state index in [0.29, 0.717) is 0 Å². The van der Waals surface area contributed by atoms with Gasteiger partial charge in [0.2, 0.25) is 0 Å². The number of phenols is 1. The zero-order valence-electron chi connectivity index (χ0n) is 14.2. The van der Waals surface area contributed by atoms with Crippen LogP contribution in [0, 0.1) is 0 Å². The monoisotopic (exact) mass is 320 g/mol. The summed E-state index contributed by atoms with van der Waals surface area (Å²) in [5, 5.41) is 13.3. The number of unbranched alkanes of at least 4 members (excludes halogenated alkanes) is 1. The molecule has 128 valence electrons. The summed E-state index contributed by atoms with van der Waals surface area (Å²) in [6.45, 7) is 8.08. The van der Waals surface area contributed by atoms with Gasteiger partial charge in [0.15, 0.2) is 0 Å². The number of hydrogen-bond donors (Lipinski definition) is 2. The van der Waals surface area contributed by atoms with E-state index in [9.17, 15) is 9.90 Å². The van der Waals surface area contributed by atoms with Crippen molar-refractivity contribution in [1.29, 1.82) is 0 Å². The first-order chi connectivity index (χ1) is 11.1. The molecule has 1 aliphatic heterocycles. The fourth-order valence-electron chi connectivity index (χ4n) is 2.78. The van der Waals surface area contributed by atoms with Crippen LogP contribution >= 0.6 is 0 Å². The number of likely N-dealkylation sites (tertiary alicyclic amines) is 1. The lowest BCUT2D eigenvalue weighted by molar-refractivity contribution is 0.0117. The molecule has 1 saturated heterocycles. The number of phenolic OH excluding ortho intramolecular Hbond substituents is 1. The number of ether oxygens (including phenoxy) is 1. The molecule has 0 aromatic heterocycles. The van der Waals surface area contributed by atoms with Crippen LogP contribution in [0.25, 0.3) is 0 Å². The molecule has 5 heteroatoms. The molecule has 0 bridgehead atoms. The molecule has 0 aliphatic carbocycles. The van der Waals surface area contributed by atoms with Crippen LogP contribution in [-0.4, -0.2) is 48.3 Å². The third kappa shape index (κ3) is 5.13. The van der Waals surface area contributed by atoms with E-state index in [1.54, 1.807) is 12.1 Å². The molecule has 1 heterocycles. The van der Waals surface area contributed by atoms with E-state index in [4.69, 9.17) is 4.74 Å². The third-order valence-corrected chi connectivity index (χ3v) is 4.33. The lowest BCUT2D eigenvalue weighted by Crippen LogP contribution is -2.37. The Morgan fingerprint density at radius 1 is 1.35 bits per heavy atom. The number of hydrogen-bond acceptors (Lipinski definition) is 5. The second-order valence-corrected chi connectivity index (χ2v) is 6.05. The second-order valence-electron chi connectivity index (χ2n) is 6.05. The highest BCUT2D eigenvalue weighted by Crippen LogP contribution is 2.24. The van der Waals surface area contributed by atoms with E-state index in [1.165, 1.54) is 0 Å². The Hall–Kier alpha value is -1.75. The normalized spacial score (nSPS) is 16.3. The van der Waals surface area contributed by atoms with Gasteiger partial charge in [-0.1, -0.05) is 20.3 Å². The predicted molar refractivity (Wildman–Crippen MR) is 92.1 cm³/mol. The number of nitrogens with one attached hydrogen (secondary N) is 1. The first-order valence-electron chi connectivity index (χ1n) is 8.64. The van der Waals surface area contributed by atoms with Gasteiger partial charge in [-0.05, 0) is 37.9 Å². The van der Waals surface area contributed by atoms with Crippen molar-refractivity contribution in [2.24, 2.45) is 0 Å². The Bertz CT molecular complexity index is 511. The predicted octanol–water partition coefficient (Wildman–Crippen LogP) is 3.25. The molecule has 0 radical (unpaired) electrons. The van der Waals surface area contributed by atoms with Gasteiger partial charge in [0.05, 0.1) is 0 Å². The number of rotatable bonds is 7. The van der Waals surface area contributed by atoms with Crippen LogP contribution in [0.3, 0.4) is 0 Å². The number of nitrogens with zero attached hydrogens (tertiary/aromatic N) is 1. The van der Waals surface area contributed by atoms with Gasteiger partial charge in [0, 0.05) is 31.4 Å². The molecule has 0 saturated carbocycles. The molecule has 0 amide bonds. The van der Waals surface area contributed by atoms with E-state index in [2.05, 4.69) is 24.1 Å². The maximum Gasteiger partial charge on any atom is 0.342 e. The summed E-state index contributed by atoms with van der Waals surface area (Å²) in [7, 11) is 0. The van der Waals surface area contributed by atoms with Crippen molar-refractivity contribution >= 4 is 11.7 Å². The number of carbonyl (C=O) groups is 1. The Balaban J connectivity index is 1.89. The zero-order chi connectivity index (χ0) is 16.7. The maximum atomic E-state index is 12.2. The van der Waals surface area contributed by atoms with Crippen molar-refractivity contribution in [3.8, 4) is 5.75 Å². The Kier molecular flexibility index (Phi) is 6.71. The highest BCUT2D eigenvalue weighted by Gasteiger charge is 2.23. The van der Waals surface area contributed by atoms with Crippen molar-refractivity contribution in [1.82, 2.24) is 4.90 Å². The summed E-state index contributed by atoms with van der Waals surface area (Å²) in [5.41, 5.74) is 1.06. The number of esters is 1. The van der Waals surface area contributed by atoms with Crippen LogP contribution in [0.15, 0.2) is 18.2 Å². The molecule has 1 aromatic carbocycles. The quantitative estimate of drug-likeness (QED) is 0.596. The topological polar surface area (TPSA) is 61.8 Å². The van der Waals surface area contributed by atoms with Crippen molar-refractivity contribution in [3.05, 3.63) is 23.8 Å². The molecule has 0 unspecified atom stereocenters. The Morgan fingerprint density at radius 2 is 2.09 bits per heavy atom. The van der Waals surface area contributed by atoms with Gasteiger partial charge in [-0.2, -0.15) is 0 Å². The number of benzene rings is 1. The molecule has 1 fully saturated rings. The van der Waals surface area contributed by atoms with Gasteiger partial charge >= 0.3 is 5.97 Å². The molecule has 5 nitrogen and oxygen atoms in total. The van der Waals surface area contributed by atoms with Crippen LogP contribution in [-0.2, 0) is 4.74 Å². The minimum Gasteiger partial charge on any atom is -0.507 e. The van der Waals surface area contributed by atoms with Crippen LogP contribution < -0.4 is 5.32 Å². The van der Waals surface area contributed by atoms with Gasteiger partial charge in [0.1, 0.15) is 17.4 Å². The van der Waals surface area contributed by atoms with E-state index < -0.39 is 5.97 Å². The zero-order valence-corrected chi connectivity index (χ0v) is 14.2. The average molecular weight is 320 g/mol. The lowest BCUT2D eigenvalue weighted by atomic mass is 10.1. The number of piperidine rings is 1. The largest absolute Gasteiger partial charge is 0.507 e. The molecule has 2 rings (SSSR count). The van der Waals surface area contributed by atoms with Crippen LogP contribution in [0.5, 0.6) is 5.75 Å². The smallest absolute Gasteiger partial charge is 0.342 e. The minimum absolute atomic E-state index is 0.0255. The van der Waals surface area contributed by atoms with E-state index >= 15 is 0 Å². The number of carbonyl (C=O) groups excluding carboxylic acids is 1. The second kappa shape index (κ2) is 8.77. The minimum atomic E-state index is -0.433. The summed E-state index contributed by atoms with van der Waals surface area (Å²) in [4.78, 5) is 14.6. The van der Waals surface area contributed by atoms with Crippen molar-refractivity contribution in [3.63, 3.8) is 0 Å². The molecule has 0 atom stereocenters. The van der Waals surface area contributed by atoms with Gasteiger partial charge < -0.3 is 20.1 Å². The first kappa shape index (κ1) is 17.6. The van der Waals surface area contributed by atoms with Crippen molar-refractivity contribution in [2.75, 3.05) is 31.5 Å². The highest BCUT2D eigenvalue weighted by atomic mass is 16.5. The molecule has 1 aliphatic rings. The van der Waals surface area contributed by atoms with E-state index in [-0.39, 0.29) is 17.4 Å². The lowest BCUT2D eigenvalue weighted by Gasteiger charge is -2.30. The van der Waals surface area contributed by atoms with E-state index in [1.807, 2.05) is 6.07 Å². The summed E-state index contributed by atoms with van der Waals surface area (Å²) < 4.78 is 5.54. The Labute approximate surface area is 138 Å². The molecular weight excluding hydrogens is 292 g/mol. The molecule has 0 spiro atoms. The Morgan fingerprint density at radius 3 is 2.70 bits per heavy atom. The molecule has 23 heavy (non-hydrogen) atoms. The van der Waals surface area contributed by atoms with E-state index in [0.717, 1.165) is 57.5 Å². The summed E-state index contributed by atoms with van der Waals surface area (Å²) in [6, 6.07) is 5.03. The van der Waals surface area contributed by atoms with Crippen LogP contribution in [0.2, 0.25) is 0 Å². The van der Waals surface area contributed by atoms with Gasteiger partial charge in [0.25, 0.3) is 0 Å². The average Bonchev–Trinajstić information content (AvgIpc) is 2.56. The summed E-state index contributed by atoms with van der Waals surface area (Å²) in [5.74, 6) is -0.458. The summed E-state index contributed by atoms with van der Waals surface area (Å²) >= 11 is 0. The van der Waals surface area contributed by atoms with Gasteiger partial charge in [-0.15, -0.1) is 0 Å². The maximum absolute atomic E-state index is 12.2. The highest BCUT2D eigenvalue weighted by molar-refractivity contribution is 5.93. The van der Waals surface area contributed by atoms with Crippen molar-refractivity contribution in [2.45, 2.75) is 45.6 Å². The fraction of sp³-hybridized carbons (Fsp3) is 0.611. The molecule has 1 aromatic rings. The molecular formula is C18H28N2O3. The number of aromatic hydroxyl groups is 1. The van der Waals surface area contributed by atoms with Gasteiger partial charge in [-0.25, -0.2) is 4.79 Å². The first-order valence-corrected chi connectivity index (χ1v) is 8.64.